The van der Waals surface area contributed by atoms with Crippen LogP contribution in [0.15, 0.2) is 12.1 Å². The molecule has 0 aromatic carbocycles. The van der Waals surface area contributed by atoms with Crippen molar-refractivity contribution in [2.45, 2.75) is 19.6 Å². The summed E-state index contributed by atoms with van der Waals surface area (Å²) in [4.78, 5) is 10.9. The highest BCUT2D eigenvalue weighted by Crippen LogP contribution is 2.23. The van der Waals surface area contributed by atoms with E-state index in [1.54, 1.807) is 13.0 Å². The molecule has 1 atom stereocenters. The van der Waals surface area contributed by atoms with Crippen molar-refractivity contribution < 1.29 is 10.0 Å². The van der Waals surface area contributed by atoms with Crippen molar-refractivity contribution >= 4 is 16.3 Å². The van der Waals surface area contributed by atoms with E-state index >= 15 is 0 Å². The van der Waals surface area contributed by atoms with Gasteiger partial charge in [-0.15, -0.1) is 0 Å². The van der Waals surface area contributed by atoms with Crippen molar-refractivity contribution in [2.24, 2.45) is 0 Å². The Hall–Kier alpha value is -0.980. The lowest BCUT2D eigenvalue weighted by molar-refractivity contribution is -0.380. The Morgan fingerprint density at radius 2 is 2.43 bits per heavy atom. The van der Waals surface area contributed by atoms with Crippen molar-refractivity contribution in [3.05, 3.63) is 27.1 Å². The van der Waals surface area contributed by atoms with E-state index in [-0.39, 0.29) is 5.00 Å². The summed E-state index contributed by atoms with van der Waals surface area (Å²) in [5, 5.41) is 22.5. The highest BCUT2D eigenvalue weighted by atomic mass is 32.1. The molecule has 0 amide bonds. The first kappa shape index (κ1) is 11.1. The normalized spacial score (nSPS) is 12.7. The summed E-state index contributed by atoms with van der Waals surface area (Å²) in [6.07, 6.45) is -0.398. The maximum Gasteiger partial charge on any atom is 0.324 e. The van der Waals surface area contributed by atoms with Gasteiger partial charge in [-0.1, -0.05) is 11.3 Å². The maximum absolute atomic E-state index is 10.4. The highest BCUT2D eigenvalue weighted by Gasteiger charge is 2.08. The second-order valence-electron chi connectivity index (χ2n) is 2.98. The molecule has 0 aliphatic carbocycles. The number of aliphatic hydroxyl groups is 1. The summed E-state index contributed by atoms with van der Waals surface area (Å²) >= 11 is 1.15. The Balaban J connectivity index is 2.40. The van der Waals surface area contributed by atoms with Crippen molar-refractivity contribution in [2.75, 3.05) is 6.54 Å². The molecule has 0 aliphatic rings. The van der Waals surface area contributed by atoms with E-state index in [9.17, 15) is 10.1 Å². The molecule has 0 aliphatic heterocycles. The molecule has 0 saturated heterocycles. The summed E-state index contributed by atoms with van der Waals surface area (Å²) in [5.74, 6) is 0. The molecule has 0 saturated carbocycles. The van der Waals surface area contributed by atoms with Crippen molar-refractivity contribution in [1.82, 2.24) is 5.32 Å². The Morgan fingerprint density at radius 1 is 1.71 bits per heavy atom. The van der Waals surface area contributed by atoms with Gasteiger partial charge >= 0.3 is 5.00 Å². The van der Waals surface area contributed by atoms with Crippen LogP contribution in [0.2, 0.25) is 0 Å². The second kappa shape index (κ2) is 5.04. The van der Waals surface area contributed by atoms with Gasteiger partial charge in [0.1, 0.15) is 0 Å². The minimum atomic E-state index is -0.400. The van der Waals surface area contributed by atoms with E-state index in [0.29, 0.717) is 13.1 Å². The zero-order valence-electron chi connectivity index (χ0n) is 7.77. The molecule has 0 radical (unpaired) electrons. The minimum absolute atomic E-state index is 0.152. The molecule has 1 heterocycles. The summed E-state index contributed by atoms with van der Waals surface area (Å²) in [6, 6.07) is 3.21. The maximum atomic E-state index is 10.4. The molecule has 5 nitrogen and oxygen atoms in total. The first-order valence-electron chi connectivity index (χ1n) is 4.21. The van der Waals surface area contributed by atoms with Crippen LogP contribution in [-0.4, -0.2) is 22.7 Å². The molecular formula is C8H12N2O3S. The van der Waals surface area contributed by atoms with Gasteiger partial charge in [0.05, 0.1) is 11.0 Å². The van der Waals surface area contributed by atoms with Crippen molar-refractivity contribution in [3.63, 3.8) is 0 Å². The SMILES string of the molecule is CC(O)CNCc1ccc([N+](=O)[O-])s1. The number of hydrogen-bond donors (Lipinski definition) is 2. The van der Waals surface area contributed by atoms with E-state index in [4.69, 9.17) is 5.11 Å². The van der Waals surface area contributed by atoms with Crippen LogP contribution in [0, 0.1) is 10.1 Å². The molecule has 1 unspecified atom stereocenters. The van der Waals surface area contributed by atoms with Crippen LogP contribution in [0.4, 0.5) is 5.00 Å². The van der Waals surface area contributed by atoms with Gasteiger partial charge in [0.25, 0.3) is 0 Å². The molecule has 1 aromatic heterocycles. The van der Waals surface area contributed by atoms with Crippen LogP contribution in [0.25, 0.3) is 0 Å². The molecule has 6 heteroatoms. The largest absolute Gasteiger partial charge is 0.392 e. The van der Waals surface area contributed by atoms with Gasteiger partial charge < -0.3 is 10.4 Å². The van der Waals surface area contributed by atoms with Gasteiger partial charge in [0.2, 0.25) is 0 Å². The molecule has 1 rings (SSSR count). The molecule has 14 heavy (non-hydrogen) atoms. The van der Waals surface area contributed by atoms with E-state index in [1.165, 1.54) is 6.07 Å². The fraction of sp³-hybridized carbons (Fsp3) is 0.500. The highest BCUT2D eigenvalue weighted by molar-refractivity contribution is 7.15. The number of aliphatic hydroxyl groups excluding tert-OH is 1. The molecular weight excluding hydrogens is 204 g/mol. The Kier molecular flexibility index (Phi) is 3.99. The fourth-order valence-corrected chi connectivity index (χ4v) is 1.75. The zero-order valence-corrected chi connectivity index (χ0v) is 8.58. The summed E-state index contributed by atoms with van der Waals surface area (Å²) in [6.45, 7) is 2.74. The van der Waals surface area contributed by atoms with Crippen molar-refractivity contribution in [1.29, 1.82) is 0 Å². The van der Waals surface area contributed by atoms with Gasteiger partial charge in [-0.2, -0.15) is 0 Å². The standard InChI is InChI=1S/C8H12N2O3S/c1-6(11)4-9-5-7-2-3-8(14-7)10(12)13/h2-3,6,9,11H,4-5H2,1H3. The lowest BCUT2D eigenvalue weighted by atomic mass is 10.4. The number of nitrogens with one attached hydrogen (secondary N) is 1. The predicted molar refractivity (Wildman–Crippen MR) is 54.4 cm³/mol. The van der Waals surface area contributed by atoms with Gasteiger partial charge in [-0.05, 0) is 13.0 Å². The predicted octanol–water partition coefficient (Wildman–Crippen LogP) is 1.13. The Labute approximate surface area is 85.5 Å². The minimum Gasteiger partial charge on any atom is -0.392 e. The van der Waals surface area contributed by atoms with E-state index < -0.39 is 11.0 Å². The smallest absolute Gasteiger partial charge is 0.324 e. The number of thiophene rings is 1. The molecule has 78 valence electrons. The topological polar surface area (TPSA) is 75.4 Å². The van der Waals surface area contributed by atoms with Crippen LogP contribution in [-0.2, 0) is 6.54 Å². The van der Waals surface area contributed by atoms with Crippen molar-refractivity contribution in [3.8, 4) is 0 Å². The van der Waals surface area contributed by atoms with Gasteiger partial charge in [0.15, 0.2) is 0 Å². The van der Waals surface area contributed by atoms with Gasteiger partial charge in [0, 0.05) is 24.0 Å². The lowest BCUT2D eigenvalue weighted by Gasteiger charge is -2.04. The monoisotopic (exact) mass is 216 g/mol. The third-order valence-electron chi connectivity index (χ3n) is 1.57. The molecule has 0 fully saturated rings. The van der Waals surface area contributed by atoms with Gasteiger partial charge in [-0.25, -0.2) is 0 Å². The van der Waals surface area contributed by atoms with Crippen LogP contribution >= 0.6 is 11.3 Å². The second-order valence-corrected chi connectivity index (χ2v) is 4.12. The third kappa shape index (κ3) is 3.41. The Bertz CT molecular complexity index is 311. The summed E-state index contributed by atoms with van der Waals surface area (Å²) in [7, 11) is 0. The number of nitrogens with zero attached hydrogens (tertiary/aromatic N) is 1. The quantitative estimate of drug-likeness (QED) is 0.571. The van der Waals surface area contributed by atoms with Crippen LogP contribution in [0.3, 0.4) is 0 Å². The number of hydrogen-bond acceptors (Lipinski definition) is 5. The first-order chi connectivity index (χ1) is 6.59. The summed E-state index contributed by atoms with van der Waals surface area (Å²) in [5.41, 5.74) is 0. The third-order valence-corrected chi connectivity index (χ3v) is 2.60. The molecule has 0 bridgehead atoms. The fourth-order valence-electron chi connectivity index (χ4n) is 0.964. The lowest BCUT2D eigenvalue weighted by Crippen LogP contribution is -2.23. The number of rotatable bonds is 5. The molecule has 2 N–H and O–H groups in total. The van der Waals surface area contributed by atoms with Gasteiger partial charge in [-0.3, -0.25) is 10.1 Å². The van der Waals surface area contributed by atoms with Crippen LogP contribution in [0.5, 0.6) is 0 Å². The summed E-state index contributed by atoms with van der Waals surface area (Å²) < 4.78 is 0. The van der Waals surface area contributed by atoms with E-state index in [0.717, 1.165) is 16.2 Å². The molecule has 0 spiro atoms. The average Bonchev–Trinajstić information content (AvgIpc) is 2.52. The zero-order chi connectivity index (χ0) is 10.6. The average molecular weight is 216 g/mol. The van der Waals surface area contributed by atoms with E-state index in [2.05, 4.69) is 5.32 Å². The van der Waals surface area contributed by atoms with Crippen LogP contribution in [0.1, 0.15) is 11.8 Å². The number of nitro groups is 1. The van der Waals surface area contributed by atoms with E-state index in [1.807, 2.05) is 0 Å². The Morgan fingerprint density at radius 3 is 2.93 bits per heavy atom. The van der Waals surface area contributed by atoms with Crippen LogP contribution < -0.4 is 5.32 Å². The molecule has 1 aromatic rings. The first-order valence-corrected chi connectivity index (χ1v) is 5.03.